The van der Waals surface area contributed by atoms with Crippen molar-refractivity contribution in [1.82, 2.24) is 19.9 Å². The molecule has 0 atom stereocenters. The summed E-state index contributed by atoms with van der Waals surface area (Å²) in [6.07, 6.45) is 4.17. The van der Waals surface area contributed by atoms with E-state index in [0.29, 0.717) is 0 Å². The molecule has 4 rings (SSSR count). The fraction of sp³-hybridized carbons (Fsp3) is 0.389. The molecule has 0 aliphatic carbocycles. The van der Waals surface area contributed by atoms with Gasteiger partial charge in [0, 0.05) is 30.5 Å². The van der Waals surface area contributed by atoms with Crippen LogP contribution in [0.5, 0.6) is 5.75 Å². The van der Waals surface area contributed by atoms with Crippen LogP contribution in [0, 0.1) is 6.92 Å². The molecule has 0 amide bonds. The van der Waals surface area contributed by atoms with Crippen molar-refractivity contribution in [1.29, 1.82) is 0 Å². The Morgan fingerprint density at radius 2 is 2.08 bits per heavy atom. The van der Waals surface area contributed by atoms with Gasteiger partial charge in [-0.05, 0) is 31.9 Å². The average molecular weight is 355 g/mol. The number of H-pyrrole nitrogens is 1. The van der Waals surface area contributed by atoms with Gasteiger partial charge in [-0.25, -0.2) is 15.0 Å². The number of hydrogen-bond donors (Lipinski definition) is 1. The molecule has 3 aromatic rings. The number of ether oxygens (including phenoxy) is 1. The van der Waals surface area contributed by atoms with Crippen LogP contribution in [0.3, 0.4) is 0 Å². The molecule has 1 aliphatic heterocycles. The van der Waals surface area contributed by atoms with E-state index >= 15 is 0 Å². The van der Waals surface area contributed by atoms with Crippen LogP contribution in [0.4, 0.5) is 5.82 Å². The molecule has 6 nitrogen and oxygen atoms in total. The molecule has 1 aliphatic rings. The Kier molecular flexibility index (Phi) is 4.48. The van der Waals surface area contributed by atoms with Gasteiger partial charge in [0.15, 0.2) is 5.16 Å². The number of aromatic amines is 1. The molecule has 3 heterocycles. The molecule has 0 saturated carbocycles. The van der Waals surface area contributed by atoms with Gasteiger partial charge in [0.25, 0.3) is 0 Å². The molecule has 0 unspecified atom stereocenters. The number of hydrogen-bond acceptors (Lipinski definition) is 6. The summed E-state index contributed by atoms with van der Waals surface area (Å²) >= 11 is 1.66. The number of nitrogens with zero attached hydrogens (tertiary/aromatic N) is 4. The van der Waals surface area contributed by atoms with E-state index in [1.54, 1.807) is 25.2 Å². The number of benzene rings is 1. The standard InChI is InChI=1S/C18H21N5OS/c1-12-16(19-11-20-17(12)23-7-3-4-8-23)10-25-18-21-14-6-5-13(24-2)9-15(14)22-18/h5-6,9,11H,3-4,7-8,10H2,1-2H3,(H,21,22). The van der Waals surface area contributed by atoms with Crippen LogP contribution in [0.25, 0.3) is 11.0 Å². The van der Waals surface area contributed by atoms with Crippen molar-refractivity contribution >= 4 is 28.6 Å². The van der Waals surface area contributed by atoms with E-state index in [0.717, 1.165) is 52.3 Å². The highest BCUT2D eigenvalue weighted by atomic mass is 32.2. The quantitative estimate of drug-likeness (QED) is 0.706. The zero-order chi connectivity index (χ0) is 17.2. The molecule has 0 bridgehead atoms. The Bertz CT molecular complexity index is 888. The molecule has 7 heteroatoms. The molecule has 1 aromatic carbocycles. The second-order valence-electron chi connectivity index (χ2n) is 6.18. The van der Waals surface area contributed by atoms with Crippen molar-refractivity contribution in [3.63, 3.8) is 0 Å². The highest BCUT2D eigenvalue weighted by molar-refractivity contribution is 7.98. The zero-order valence-electron chi connectivity index (χ0n) is 14.5. The Morgan fingerprint density at radius 3 is 2.88 bits per heavy atom. The summed E-state index contributed by atoms with van der Waals surface area (Å²) in [5.41, 5.74) is 4.18. The molecule has 1 N–H and O–H groups in total. The Balaban J connectivity index is 1.52. The predicted molar refractivity (Wildman–Crippen MR) is 100 cm³/mol. The van der Waals surface area contributed by atoms with Crippen LogP contribution in [0.15, 0.2) is 29.7 Å². The first-order valence-corrected chi connectivity index (χ1v) is 9.45. The summed E-state index contributed by atoms with van der Waals surface area (Å²) in [5, 5.41) is 0.893. The number of nitrogens with one attached hydrogen (secondary N) is 1. The van der Waals surface area contributed by atoms with Crippen LogP contribution in [-0.4, -0.2) is 40.1 Å². The third kappa shape index (κ3) is 3.28. The third-order valence-electron chi connectivity index (χ3n) is 4.58. The van der Waals surface area contributed by atoms with Gasteiger partial charge in [-0.2, -0.15) is 0 Å². The minimum Gasteiger partial charge on any atom is -0.497 e. The Labute approximate surface area is 151 Å². The molecule has 1 fully saturated rings. The summed E-state index contributed by atoms with van der Waals surface area (Å²) in [4.78, 5) is 19.3. The van der Waals surface area contributed by atoms with Crippen LogP contribution in [0.1, 0.15) is 24.1 Å². The Morgan fingerprint density at radius 1 is 1.24 bits per heavy atom. The van der Waals surface area contributed by atoms with Crippen molar-refractivity contribution in [3.05, 3.63) is 35.8 Å². The largest absolute Gasteiger partial charge is 0.497 e. The number of imidazole rings is 1. The number of rotatable bonds is 5. The highest BCUT2D eigenvalue weighted by Gasteiger charge is 2.18. The number of anilines is 1. The summed E-state index contributed by atoms with van der Waals surface area (Å²) in [7, 11) is 1.67. The molecule has 130 valence electrons. The van der Waals surface area contributed by atoms with Crippen molar-refractivity contribution in [2.45, 2.75) is 30.7 Å². The molecule has 1 saturated heterocycles. The van der Waals surface area contributed by atoms with Gasteiger partial charge in [0.05, 0.1) is 23.8 Å². The van der Waals surface area contributed by atoms with Gasteiger partial charge in [-0.3, -0.25) is 0 Å². The monoisotopic (exact) mass is 355 g/mol. The van der Waals surface area contributed by atoms with Gasteiger partial charge in [-0.15, -0.1) is 0 Å². The van der Waals surface area contributed by atoms with E-state index in [9.17, 15) is 0 Å². The maximum atomic E-state index is 5.26. The molecular weight excluding hydrogens is 334 g/mol. The van der Waals surface area contributed by atoms with E-state index in [-0.39, 0.29) is 0 Å². The maximum absolute atomic E-state index is 5.26. The minimum absolute atomic E-state index is 0.770. The van der Waals surface area contributed by atoms with Crippen molar-refractivity contribution in [3.8, 4) is 5.75 Å². The number of fused-ring (bicyclic) bond motifs is 1. The topological polar surface area (TPSA) is 66.9 Å². The van der Waals surface area contributed by atoms with Gasteiger partial charge in [0.1, 0.15) is 17.9 Å². The van der Waals surface area contributed by atoms with Gasteiger partial charge in [0.2, 0.25) is 0 Å². The first-order valence-electron chi connectivity index (χ1n) is 8.46. The molecule has 2 aromatic heterocycles. The smallest absolute Gasteiger partial charge is 0.166 e. The molecule has 25 heavy (non-hydrogen) atoms. The summed E-state index contributed by atoms with van der Waals surface area (Å²) in [5.74, 6) is 2.68. The SMILES string of the molecule is COc1ccc2nc(SCc3ncnc(N4CCCC4)c3C)[nH]c2c1. The number of thioether (sulfide) groups is 1. The van der Waals surface area contributed by atoms with Crippen molar-refractivity contribution in [2.24, 2.45) is 0 Å². The van der Waals surface area contributed by atoms with Gasteiger partial charge in [-0.1, -0.05) is 11.8 Å². The van der Waals surface area contributed by atoms with Crippen LogP contribution in [-0.2, 0) is 5.75 Å². The van der Waals surface area contributed by atoms with E-state index in [2.05, 4.69) is 31.8 Å². The van der Waals surface area contributed by atoms with Crippen LogP contribution < -0.4 is 9.64 Å². The van der Waals surface area contributed by atoms with E-state index in [1.807, 2.05) is 18.2 Å². The summed E-state index contributed by atoms with van der Waals surface area (Å²) < 4.78 is 5.26. The third-order valence-corrected chi connectivity index (χ3v) is 5.46. The molecule has 0 radical (unpaired) electrons. The first-order chi connectivity index (χ1) is 12.2. The normalized spacial score (nSPS) is 14.4. The lowest BCUT2D eigenvalue weighted by atomic mass is 10.2. The summed E-state index contributed by atoms with van der Waals surface area (Å²) in [6.45, 7) is 4.30. The fourth-order valence-electron chi connectivity index (χ4n) is 3.17. The van der Waals surface area contributed by atoms with Gasteiger partial charge >= 0.3 is 0 Å². The lowest BCUT2D eigenvalue weighted by Gasteiger charge is -2.19. The van der Waals surface area contributed by atoms with Crippen LogP contribution >= 0.6 is 11.8 Å². The first kappa shape index (κ1) is 16.2. The van der Waals surface area contributed by atoms with E-state index in [1.165, 1.54) is 18.4 Å². The molecule has 0 spiro atoms. The second-order valence-corrected chi connectivity index (χ2v) is 7.14. The lowest BCUT2D eigenvalue weighted by Crippen LogP contribution is -2.21. The predicted octanol–water partition coefficient (Wildman–Crippen LogP) is 3.56. The second kappa shape index (κ2) is 6.92. The van der Waals surface area contributed by atoms with Crippen molar-refractivity contribution in [2.75, 3.05) is 25.1 Å². The van der Waals surface area contributed by atoms with Gasteiger partial charge < -0.3 is 14.6 Å². The number of methoxy groups -OCH3 is 1. The zero-order valence-corrected chi connectivity index (χ0v) is 15.3. The highest BCUT2D eigenvalue weighted by Crippen LogP contribution is 2.28. The molecular formula is C18H21N5OS. The van der Waals surface area contributed by atoms with E-state index in [4.69, 9.17) is 4.74 Å². The average Bonchev–Trinajstić information content (AvgIpc) is 3.29. The maximum Gasteiger partial charge on any atom is 0.166 e. The number of aromatic nitrogens is 4. The lowest BCUT2D eigenvalue weighted by molar-refractivity contribution is 0.415. The fourth-order valence-corrected chi connectivity index (χ4v) is 4.08. The minimum atomic E-state index is 0.770. The Hall–Kier alpha value is -2.28. The van der Waals surface area contributed by atoms with Crippen molar-refractivity contribution < 1.29 is 4.74 Å². The van der Waals surface area contributed by atoms with E-state index < -0.39 is 0 Å². The van der Waals surface area contributed by atoms with Crippen LogP contribution in [0.2, 0.25) is 0 Å². The summed E-state index contributed by atoms with van der Waals surface area (Å²) in [6, 6.07) is 5.86.